The van der Waals surface area contributed by atoms with Gasteiger partial charge in [-0.3, -0.25) is 4.98 Å². The number of nitrogens with zero attached hydrogens (tertiary/aromatic N) is 2. The number of hydrogen-bond acceptors (Lipinski definition) is 2. The summed E-state index contributed by atoms with van der Waals surface area (Å²) >= 11 is 0. The number of alkyl halides is 3. The third-order valence-electron chi connectivity index (χ3n) is 2.41. The standard InChI is InChI=1S/C15H7F3N2/c16-15(17,18)14-7-13(9-20-10-14)5-4-11-2-1-3-12(6-11)8-19/h1-3,6-7,9-10H. The van der Waals surface area contributed by atoms with Gasteiger partial charge in [-0.25, -0.2) is 0 Å². The van der Waals surface area contributed by atoms with Crippen LogP contribution < -0.4 is 0 Å². The summed E-state index contributed by atoms with van der Waals surface area (Å²) in [5, 5.41) is 8.74. The molecule has 1 aromatic heterocycles. The van der Waals surface area contributed by atoms with Gasteiger partial charge in [0.15, 0.2) is 0 Å². The average Bonchev–Trinajstić information content (AvgIpc) is 2.45. The molecule has 0 saturated carbocycles. The molecule has 0 atom stereocenters. The number of benzene rings is 1. The minimum atomic E-state index is -4.44. The Bertz CT molecular complexity index is 731. The molecule has 20 heavy (non-hydrogen) atoms. The van der Waals surface area contributed by atoms with Crippen molar-refractivity contribution < 1.29 is 13.2 Å². The van der Waals surface area contributed by atoms with Crippen molar-refractivity contribution in [2.75, 3.05) is 0 Å². The first-order chi connectivity index (χ1) is 9.49. The first-order valence-corrected chi connectivity index (χ1v) is 5.53. The molecule has 1 heterocycles. The number of pyridine rings is 1. The van der Waals surface area contributed by atoms with Gasteiger partial charge in [0, 0.05) is 23.5 Å². The van der Waals surface area contributed by atoms with Crippen LogP contribution in [0.15, 0.2) is 42.7 Å². The van der Waals surface area contributed by atoms with Crippen molar-refractivity contribution >= 4 is 0 Å². The molecule has 2 rings (SSSR count). The zero-order valence-corrected chi connectivity index (χ0v) is 10.1. The topological polar surface area (TPSA) is 36.7 Å². The molecule has 98 valence electrons. The van der Waals surface area contributed by atoms with Crippen molar-refractivity contribution in [3.05, 3.63) is 65.0 Å². The Morgan fingerprint density at radius 2 is 1.65 bits per heavy atom. The second-order valence-corrected chi connectivity index (χ2v) is 3.90. The van der Waals surface area contributed by atoms with Gasteiger partial charge in [-0.2, -0.15) is 18.4 Å². The largest absolute Gasteiger partial charge is 0.417 e. The number of aromatic nitrogens is 1. The maximum Gasteiger partial charge on any atom is 0.417 e. The summed E-state index contributed by atoms with van der Waals surface area (Å²) in [4.78, 5) is 3.52. The maximum atomic E-state index is 12.5. The molecule has 0 spiro atoms. The lowest BCUT2D eigenvalue weighted by molar-refractivity contribution is -0.137. The van der Waals surface area contributed by atoms with E-state index in [1.807, 2.05) is 6.07 Å². The smallest absolute Gasteiger partial charge is 0.263 e. The highest BCUT2D eigenvalue weighted by molar-refractivity contribution is 5.46. The molecule has 0 bridgehead atoms. The Balaban J connectivity index is 2.31. The highest BCUT2D eigenvalue weighted by Crippen LogP contribution is 2.28. The lowest BCUT2D eigenvalue weighted by Crippen LogP contribution is -2.05. The predicted molar refractivity (Wildman–Crippen MR) is 66.4 cm³/mol. The van der Waals surface area contributed by atoms with Gasteiger partial charge in [-0.1, -0.05) is 17.9 Å². The van der Waals surface area contributed by atoms with Gasteiger partial charge in [0.2, 0.25) is 0 Å². The van der Waals surface area contributed by atoms with Crippen molar-refractivity contribution in [3.8, 4) is 17.9 Å². The van der Waals surface area contributed by atoms with Crippen LogP contribution in [-0.4, -0.2) is 4.98 Å². The number of hydrogen-bond donors (Lipinski definition) is 0. The fraction of sp³-hybridized carbons (Fsp3) is 0.0667. The first kappa shape index (κ1) is 13.6. The van der Waals surface area contributed by atoms with Crippen LogP contribution in [0.4, 0.5) is 13.2 Å². The molecule has 2 nitrogen and oxygen atoms in total. The molecule has 0 saturated heterocycles. The molecule has 0 N–H and O–H groups in total. The fourth-order valence-corrected chi connectivity index (χ4v) is 1.47. The van der Waals surface area contributed by atoms with Gasteiger partial charge in [-0.15, -0.1) is 0 Å². The zero-order chi connectivity index (χ0) is 14.6. The van der Waals surface area contributed by atoms with Crippen molar-refractivity contribution in [1.29, 1.82) is 5.26 Å². The van der Waals surface area contributed by atoms with Crippen molar-refractivity contribution in [1.82, 2.24) is 4.98 Å². The maximum absolute atomic E-state index is 12.5. The minimum absolute atomic E-state index is 0.169. The van der Waals surface area contributed by atoms with Gasteiger partial charge < -0.3 is 0 Å². The van der Waals surface area contributed by atoms with Crippen LogP contribution in [0.3, 0.4) is 0 Å². The quantitative estimate of drug-likeness (QED) is 0.689. The van der Waals surface area contributed by atoms with Gasteiger partial charge >= 0.3 is 6.18 Å². The van der Waals surface area contributed by atoms with Crippen molar-refractivity contribution in [2.24, 2.45) is 0 Å². The summed E-state index contributed by atoms with van der Waals surface area (Å²) in [6.45, 7) is 0. The Morgan fingerprint density at radius 1 is 0.950 bits per heavy atom. The van der Waals surface area contributed by atoms with Crippen LogP contribution in [0.25, 0.3) is 0 Å². The first-order valence-electron chi connectivity index (χ1n) is 5.53. The Labute approximate surface area is 113 Å². The average molecular weight is 272 g/mol. The van der Waals surface area contributed by atoms with Gasteiger partial charge in [0.25, 0.3) is 0 Å². The van der Waals surface area contributed by atoms with Crippen LogP contribution in [0, 0.1) is 23.2 Å². The van der Waals surface area contributed by atoms with Crippen LogP contribution in [0.5, 0.6) is 0 Å². The van der Waals surface area contributed by atoms with E-state index in [1.54, 1.807) is 24.3 Å². The second-order valence-electron chi connectivity index (χ2n) is 3.90. The van der Waals surface area contributed by atoms with E-state index in [0.29, 0.717) is 11.1 Å². The van der Waals surface area contributed by atoms with E-state index in [1.165, 1.54) is 6.20 Å². The third kappa shape index (κ3) is 3.37. The Morgan fingerprint density at radius 3 is 2.35 bits per heavy atom. The van der Waals surface area contributed by atoms with E-state index in [-0.39, 0.29) is 5.56 Å². The summed E-state index contributed by atoms with van der Waals surface area (Å²) in [7, 11) is 0. The number of nitriles is 1. The lowest BCUT2D eigenvalue weighted by Gasteiger charge is -2.05. The molecule has 0 radical (unpaired) electrons. The zero-order valence-electron chi connectivity index (χ0n) is 10.1. The predicted octanol–water partition coefficient (Wildman–Crippen LogP) is 3.37. The molecule has 0 fully saturated rings. The van der Waals surface area contributed by atoms with E-state index in [4.69, 9.17) is 5.26 Å². The molecule has 0 aliphatic carbocycles. The summed E-state index contributed by atoms with van der Waals surface area (Å²) in [5.74, 6) is 5.31. The van der Waals surface area contributed by atoms with Crippen LogP contribution in [0.1, 0.15) is 22.3 Å². The van der Waals surface area contributed by atoms with Crippen LogP contribution in [0.2, 0.25) is 0 Å². The van der Waals surface area contributed by atoms with Crippen LogP contribution in [-0.2, 0) is 6.18 Å². The Kier molecular flexibility index (Phi) is 3.72. The molecule has 5 heteroatoms. The Hall–Kier alpha value is -2.79. The van der Waals surface area contributed by atoms with Gasteiger partial charge in [-0.05, 0) is 24.3 Å². The van der Waals surface area contributed by atoms with E-state index >= 15 is 0 Å². The molecule has 0 aliphatic rings. The van der Waals surface area contributed by atoms with E-state index in [2.05, 4.69) is 16.8 Å². The second kappa shape index (κ2) is 5.46. The fourth-order valence-electron chi connectivity index (χ4n) is 1.47. The summed E-state index contributed by atoms with van der Waals surface area (Å²) in [6, 6.07) is 9.43. The SMILES string of the molecule is N#Cc1cccc(C#Cc2cncc(C(F)(F)F)c2)c1. The van der Waals surface area contributed by atoms with Gasteiger partial charge in [0.1, 0.15) is 0 Å². The van der Waals surface area contributed by atoms with Crippen molar-refractivity contribution in [2.45, 2.75) is 6.18 Å². The molecule has 1 aromatic carbocycles. The highest BCUT2D eigenvalue weighted by atomic mass is 19.4. The molecular weight excluding hydrogens is 265 g/mol. The molecule has 0 unspecified atom stereocenters. The lowest BCUT2D eigenvalue weighted by atomic mass is 10.1. The van der Waals surface area contributed by atoms with E-state index in [0.717, 1.165) is 12.3 Å². The number of halogens is 3. The summed E-state index contributed by atoms with van der Waals surface area (Å²) in [6.07, 6.45) is -2.43. The minimum Gasteiger partial charge on any atom is -0.263 e. The summed E-state index contributed by atoms with van der Waals surface area (Å²) < 4.78 is 37.5. The van der Waals surface area contributed by atoms with E-state index < -0.39 is 11.7 Å². The van der Waals surface area contributed by atoms with Crippen LogP contribution >= 0.6 is 0 Å². The molecule has 0 amide bonds. The van der Waals surface area contributed by atoms with Crippen molar-refractivity contribution in [3.63, 3.8) is 0 Å². The number of rotatable bonds is 0. The molecule has 2 aromatic rings. The summed E-state index contributed by atoms with van der Waals surface area (Å²) in [5.41, 5.74) is 0.331. The highest BCUT2D eigenvalue weighted by Gasteiger charge is 2.30. The van der Waals surface area contributed by atoms with E-state index in [9.17, 15) is 13.2 Å². The molecule has 0 aliphatic heterocycles. The third-order valence-corrected chi connectivity index (χ3v) is 2.41. The molecular formula is C15H7F3N2. The normalized spacial score (nSPS) is 10.3. The van der Waals surface area contributed by atoms with Gasteiger partial charge in [0.05, 0.1) is 17.2 Å². The monoisotopic (exact) mass is 272 g/mol.